The molecule has 1 aliphatic carbocycles. The number of nitrogens with zero attached hydrogens (tertiary/aromatic N) is 4. The van der Waals surface area contributed by atoms with Gasteiger partial charge >= 0.3 is 0 Å². The average Bonchev–Trinajstić information content (AvgIpc) is 3.47. The SMILES string of the molecule is O=C(Nc1nc2c(s1)CN(C(=O)c1cnc3ccccc3n1)CC2)C1CC1. The predicted octanol–water partition coefficient (Wildman–Crippen LogP) is 2.63. The van der Waals surface area contributed by atoms with Gasteiger partial charge in [0.05, 0.1) is 29.5 Å². The summed E-state index contributed by atoms with van der Waals surface area (Å²) in [4.78, 5) is 40.9. The second-order valence-electron chi connectivity index (χ2n) is 6.87. The molecule has 27 heavy (non-hydrogen) atoms. The summed E-state index contributed by atoms with van der Waals surface area (Å²) in [7, 11) is 0. The monoisotopic (exact) mass is 379 g/mol. The van der Waals surface area contributed by atoms with E-state index >= 15 is 0 Å². The van der Waals surface area contributed by atoms with Crippen molar-refractivity contribution in [3.8, 4) is 0 Å². The van der Waals surface area contributed by atoms with Crippen molar-refractivity contribution in [2.75, 3.05) is 11.9 Å². The van der Waals surface area contributed by atoms with Crippen LogP contribution in [0.2, 0.25) is 0 Å². The van der Waals surface area contributed by atoms with Gasteiger partial charge in [0.25, 0.3) is 5.91 Å². The molecule has 5 rings (SSSR count). The van der Waals surface area contributed by atoms with E-state index in [1.54, 1.807) is 4.90 Å². The minimum absolute atomic E-state index is 0.0560. The van der Waals surface area contributed by atoms with Crippen LogP contribution in [0.15, 0.2) is 30.5 Å². The maximum Gasteiger partial charge on any atom is 0.274 e. The van der Waals surface area contributed by atoms with E-state index in [1.165, 1.54) is 17.5 Å². The summed E-state index contributed by atoms with van der Waals surface area (Å²) in [6.45, 7) is 1.07. The largest absolute Gasteiger partial charge is 0.332 e. The lowest BCUT2D eigenvalue weighted by molar-refractivity contribution is -0.117. The highest BCUT2D eigenvalue weighted by Gasteiger charge is 2.31. The van der Waals surface area contributed by atoms with Crippen LogP contribution in [0.3, 0.4) is 0 Å². The Morgan fingerprint density at radius 1 is 1.15 bits per heavy atom. The fourth-order valence-corrected chi connectivity index (χ4v) is 4.22. The zero-order chi connectivity index (χ0) is 18.4. The van der Waals surface area contributed by atoms with Gasteiger partial charge in [-0.05, 0) is 25.0 Å². The lowest BCUT2D eigenvalue weighted by atomic mass is 10.1. The van der Waals surface area contributed by atoms with Gasteiger partial charge in [-0.15, -0.1) is 0 Å². The number of carbonyl (C=O) groups is 2. The van der Waals surface area contributed by atoms with Crippen molar-refractivity contribution in [2.24, 2.45) is 5.92 Å². The fourth-order valence-electron chi connectivity index (χ4n) is 3.20. The van der Waals surface area contributed by atoms with E-state index in [0.717, 1.165) is 28.9 Å². The highest BCUT2D eigenvalue weighted by atomic mass is 32.1. The van der Waals surface area contributed by atoms with E-state index in [4.69, 9.17) is 0 Å². The molecule has 0 atom stereocenters. The minimum Gasteiger partial charge on any atom is -0.332 e. The van der Waals surface area contributed by atoms with Crippen LogP contribution < -0.4 is 5.32 Å². The van der Waals surface area contributed by atoms with Crippen molar-refractivity contribution in [1.82, 2.24) is 19.9 Å². The number of amides is 2. The summed E-state index contributed by atoms with van der Waals surface area (Å²) in [5, 5.41) is 3.54. The Morgan fingerprint density at radius 2 is 1.96 bits per heavy atom. The van der Waals surface area contributed by atoms with Crippen molar-refractivity contribution < 1.29 is 9.59 Å². The molecule has 0 bridgehead atoms. The third kappa shape index (κ3) is 3.16. The molecule has 0 unspecified atom stereocenters. The molecule has 1 N–H and O–H groups in total. The summed E-state index contributed by atoms with van der Waals surface area (Å²) in [6.07, 6.45) is 4.14. The summed E-state index contributed by atoms with van der Waals surface area (Å²) in [6, 6.07) is 7.51. The van der Waals surface area contributed by atoms with Crippen LogP contribution in [0.4, 0.5) is 5.13 Å². The molecule has 2 aliphatic rings. The van der Waals surface area contributed by atoms with Crippen molar-refractivity contribution in [2.45, 2.75) is 25.8 Å². The minimum atomic E-state index is -0.129. The third-order valence-electron chi connectivity index (χ3n) is 4.86. The number of fused-ring (bicyclic) bond motifs is 2. The van der Waals surface area contributed by atoms with Crippen molar-refractivity contribution in [3.05, 3.63) is 46.7 Å². The topological polar surface area (TPSA) is 88.1 Å². The molecule has 7 nitrogen and oxygen atoms in total. The van der Waals surface area contributed by atoms with E-state index in [-0.39, 0.29) is 17.7 Å². The standard InChI is InChI=1S/C19H17N5O2S/c25-17(11-5-6-11)23-19-22-14-7-8-24(10-16(14)27-19)18(26)15-9-20-12-3-1-2-4-13(12)21-15/h1-4,9,11H,5-8,10H2,(H,22,23,25). The molecule has 3 heterocycles. The summed E-state index contributed by atoms with van der Waals surface area (Å²) < 4.78 is 0. The second-order valence-corrected chi connectivity index (χ2v) is 7.96. The second kappa shape index (κ2) is 6.38. The maximum absolute atomic E-state index is 12.9. The fraction of sp³-hybridized carbons (Fsp3) is 0.316. The van der Waals surface area contributed by atoms with Gasteiger partial charge < -0.3 is 10.2 Å². The zero-order valence-corrected chi connectivity index (χ0v) is 15.3. The Bertz CT molecular complexity index is 1060. The number of aromatic nitrogens is 3. The number of hydrogen-bond acceptors (Lipinski definition) is 6. The first-order chi connectivity index (χ1) is 13.2. The van der Waals surface area contributed by atoms with Crippen LogP contribution in [0.5, 0.6) is 0 Å². The molecule has 3 aromatic rings. The van der Waals surface area contributed by atoms with Gasteiger partial charge in [0, 0.05) is 23.8 Å². The molecule has 1 fully saturated rings. The highest BCUT2D eigenvalue weighted by Crippen LogP contribution is 2.33. The van der Waals surface area contributed by atoms with Crippen LogP contribution in [0.25, 0.3) is 11.0 Å². The number of anilines is 1. The quantitative estimate of drug-likeness (QED) is 0.756. The molecule has 136 valence electrons. The number of thiazole rings is 1. The number of nitrogens with one attached hydrogen (secondary N) is 1. The highest BCUT2D eigenvalue weighted by molar-refractivity contribution is 7.15. The first-order valence-electron chi connectivity index (χ1n) is 8.98. The Balaban J connectivity index is 1.34. The molecule has 8 heteroatoms. The number of para-hydroxylation sites is 2. The van der Waals surface area contributed by atoms with Crippen LogP contribution >= 0.6 is 11.3 Å². The van der Waals surface area contributed by atoms with Crippen molar-refractivity contribution in [3.63, 3.8) is 0 Å². The van der Waals surface area contributed by atoms with Gasteiger partial charge in [-0.1, -0.05) is 23.5 Å². The number of carbonyl (C=O) groups excluding carboxylic acids is 2. The van der Waals surface area contributed by atoms with Crippen LogP contribution in [-0.4, -0.2) is 38.2 Å². The van der Waals surface area contributed by atoms with Gasteiger partial charge in [-0.2, -0.15) is 0 Å². The summed E-state index contributed by atoms with van der Waals surface area (Å²) >= 11 is 1.45. The normalized spacial score (nSPS) is 16.2. The van der Waals surface area contributed by atoms with Crippen LogP contribution in [0.1, 0.15) is 33.9 Å². The lowest BCUT2D eigenvalue weighted by Gasteiger charge is -2.25. The molecule has 1 aromatic carbocycles. The Kier molecular flexibility index (Phi) is 3.86. The first kappa shape index (κ1) is 16.3. The molecule has 1 aliphatic heterocycles. The van der Waals surface area contributed by atoms with Gasteiger partial charge in [0.1, 0.15) is 5.69 Å². The van der Waals surface area contributed by atoms with E-state index < -0.39 is 0 Å². The Morgan fingerprint density at radius 3 is 2.78 bits per heavy atom. The average molecular weight is 379 g/mol. The summed E-state index contributed by atoms with van der Waals surface area (Å²) in [5.74, 6) is 0.0758. The molecular formula is C19H17N5O2S. The molecule has 1 saturated carbocycles. The van der Waals surface area contributed by atoms with Gasteiger partial charge in [0.2, 0.25) is 5.91 Å². The van der Waals surface area contributed by atoms with Crippen molar-refractivity contribution >= 4 is 39.3 Å². The zero-order valence-electron chi connectivity index (χ0n) is 14.5. The van der Waals surface area contributed by atoms with Crippen molar-refractivity contribution in [1.29, 1.82) is 0 Å². The Hall–Kier alpha value is -2.87. The number of rotatable bonds is 3. The lowest BCUT2D eigenvalue weighted by Crippen LogP contribution is -2.36. The molecule has 2 aromatic heterocycles. The molecule has 0 saturated heterocycles. The predicted molar refractivity (Wildman–Crippen MR) is 101 cm³/mol. The molecule has 2 amide bonds. The van der Waals surface area contributed by atoms with Gasteiger partial charge in [-0.25, -0.2) is 9.97 Å². The molecule has 0 spiro atoms. The van der Waals surface area contributed by atoms with E-state index in [0.29, 0.717) is 35.9 Å². The number of benzene rings is 1. The van der Waals surface area contributed by atoms with E-state index in [1.807, 2.05) is 24.3 Å². The molecule has 0 radical (unpaired) electrons. The van der Waals surface area contributed by atoms with E-state index in [9.17, 15) is 9.59 Å². The van der Waals surface area contributed by atoms with Gasteiger partial charge in [-0.3, -0.25) is 14.6 Å². The first-order valence-corrected chi connectivity index (χ1v) is 9.79. The van der Waals surface area contributed by atoms with Crippen LogP contribution in [-0.2, 0) is 17.8 Å². The van der Waals surface area contributed by atoms with Gasteiger partial charge in [0.15, 0.2) is 5.13 Å². The summed E-state index contributed by atoms with van der Waals surface area (Å²) in [5.41, 5.74) is 2.81. The Labute approximate surface area is 159 Å². The third-order valence-corrected chi connectivity index (χ3v) is 5.86. The molecular weight excluding hydrogens is 362 g/mol. The van der Waals surface area contributed by atoms with Crippen LogP contribution in [0, 0.1) is 5.92 Å². The van der Waals surface area contributed by atoms with E-state index in [2.05, 4.69) is 20.3 Å². The number of hydrogen-bond donors (Lipinski definition) is 1. The smallest absolute Gasteiger partial charge is 0.274 e. The maximum atomic E-state index is 12.9.